The quantitative estimate of drug-likeness (QED) is 0.615. The van der Waals surface area contributed by atoms with Gasteiger partial charge in [-0.1, -0.05) is 23.4 Å². The van der Waals surface area contributed by atoms with Crippen molar-refractivity contribution in [3.8, 4) is 5.75 Å². The molecule has 1 N–H and O–H groups in total. The molecule has 2 heterocycles. The standard InChI is InChI=1S/C18H20BrN5O3/c1-4-26-14-8-6-5-7-13(14)9-20-17(25)18-21-15(23-27-18)10-24-12(3)16(19)11(2)22-24/h5-8H,4,9-10H2,1-3H3,(H,20,25). The first-order valence-electron chi connectivity index (χ1n) is 8.50. The van der Waals surface area contributed by atoms with Crippen LogP contribution in [-0.2, 0) is 13.1 Å². The van der Waals surface area contributed by atoms with Gasteiger partial charge in [0.25, 0.3) is 0 Å². The van der Waals surface area contributed by atoms with Gasteiger partial charge in [-0.2, -0.15) is 10.1 Å². The van der Waals surface area contributed by atoms with E-state index in [2.05, 4.69) is 36.5 Å². The maximum Gasteiger partial charge on any atom is 0.316 e. The maximum atomic E-state index is 12.3. The third-order valence-corrected chi connectivity index (χ3v) is 5.11. The van der Waals surface area contributed by atoms with Crippen LogP contribution in [0.5, 0.6) is 5.75 Å². The number of rotatable bonds is 7. The van der Waals surface area contributed by atoms with Gasteiger partial charge in [0.1, 0.15) is 12.3 Å². The van der Waals surface area contributed by atoms with Gasteiger partial charge in [0.15, 0.2) is 5.82 Å². The molecule has 0 fully saturated rings. The molecule has 3 aromatic rings. The monoisotopic (exact) mass is 433 g/mol. The summed E-state index contributed by atoms with van der Waals surface area (Å²) in [6, 6.07) is 7.53. The molecule has 0 aliphatic rings. The summed E-state index contributed by atoms with van der Waals surface area (Å²) in [5, 5.41) is 11.0. The summed E-state index contributed by atoms with van der Waals surface area (Å²) in [5.74, 6) is 0.601. The Labute approximate surface area is 165 Å². The minimum Gasteiger partial charge on any atom is -0.494 e. The van der Waals surface area contributed by atoms with E-state index in [9.17, 15) is 4.79 Å². The number of hydrogen-bond donors (Lipinski definition) is 1. The average Bonchev–Trinajstić information content (AvgIpc) is 3.22. The Morgan fingerprint density at radius 1 is 1.33 bits per heavy atom. The van der Waals surface area contributed by atoms with Crippen LogP contribution < -0.4 is 10.1 Å². The largest absolute Gasteiger partial charge is 0.494 e. The van der Waals surface area contributed by atoms with Gasteiger partial charge in [-0.05, 0) is 42.8 Å². The molecule has 0 spiro atoms. The summed E-state index contributed by atoms with van der Waals surface area (Å²) in [4.78, 5) is 16.5. The number of nitrogens with one attached hydrogen (secondary N) is 1. The molecule has 8 nitrogen and oxygen atoms in total. The van der Waals surface area contributed by atoms with E-state index in [0.29, 0.717) is 25.5 Å². The highest BCUT2D eigenvalue weighted by atomic mass is 79.9. The van der Waals surface area contributed by atoms with Gasteiger partial charge in [0, 0.05) is 12.1 Å². The van der Waals surface area contributed by atoms with Gasteiger partial charge in [-0.15, -0.1) is 0 Å². The molecule has 27 heavy (non-hydrogen) atoms. The molecule has 0 saturated heterocycles. The normalized spacial score (nSPS) is 10.8. The number of carbonyl (C=O) groups excluding carboxylic acids is 1. The molecule has 142 valence electrons. The number of carbonyl (C=O) groups is 1. The lowest BCUT2D eigenvalue weighted by Gasteiger charge is -2.09. The van der Waals surface area contributed by atoms with E-state index in [1.165, 1.54) is 0 Å². The number of aromatic nitrogens is 4. The summed E-state index contributed by atoms with van der Waals surface area (Å²) < 4.78 is 13.3. The Morgan fingerprint density at radius 2 is 2.11 bits per heavy atom. The van der Waals surface area contributed by atoms with Gasteiger partial charge in [0.05, 0.1) is 22.5 Å². The summed E-state index contributed by atoms with van der Waals surface area (Å²) in [7, 11) is 0. The molecule has 0 radical (unpaired) electrons. The van der Waals surface area contributed by atoms with Crippen LogP contribution in [0, 0.1) is 13.8 Å². The molecule has 3 rings (SSSR count). The third kappa shape index (κ3) is 4.36. The van der Waals surface area contributed by atoms with Gasteiger partial charge in [-0.25, -0.2) is 0 Å². The van der Waals surface area contributed by atoms with Crippen LogP contribution in [-0.4, -0.2) is 32.4 Å². The Morgan fingerprint density at radius 3 is 2.81 bits per heavy atom. The van der Waals surface area contributed by atoms with Crippen molar-refractivity contribution in [1.82, 2.24) is 25.2 Å². The van der Waals surface area contributed by atoms with Crippen LogP contribution >= 0.6 is 15.9 Å². The Hall–Kier alpha value is -2.68. The van der Waals surface area contributed by atoms with E-state index >= 15 is 0 Å². The predicted octanol–water partition coefficient (Wildman–Crippen LogP) is 3.02. The van der Waals surface area contributed by atoms with Crippen molar-refractivity contribution in [1.29, 1.82) is 0 Å². The maximum absolute atomic E-state index is 12.3. The Balaban J connectivity index is 1.64. The highest BCUT2D eigenvalue weighted by Crippen LogP contribution is 2.20. The van der Waals surface area contributed by atoms with Crippen molar-refractivity contribution in [3.05, 3.63) is 57.4 Å². The van der Waals surface area contributed by atoms with Gasteiger partial charge >= 0.3 is 11.8 Å². The fourth-order valence-corrected chi connectivity index (χ4v) is 2.85. The minimum atomic E-state index is -0.436. The predicted molar refractivity (Wildman–Crippen MR) is 102 cm³/mol. The Bertz CT molecular complexity index is 950. The molecular formula is C18H20BrN5O3. The first-order valence-corrected chi connectivity index (χ1v) is 9.29. The summed E-state index contributed by atoms with van der Waals surface area (Å²) >= 11 is 3.48. The SMILES string of the molecule is CCOc1ccccc1CNC(=O)c1nc(Cn2nc(C)c(Br)c2C)no1. The van der Waals surface area contributed by atoms with Crippen molar-refractivity contribution in [3.63, 3.8) is 0 Å². The smallest absolute Gasteiger partial charge is 0.316 e. The number of aryl methyl sites for hydroxylation is 1. The first-order chi connectivity index (χ1) is 13.0. The Kier molecular flexibility index (Phi) is 5.90. The number of ether oxygens (including phenoxy) is 1. The molecule has 9 heteroatoms. The van der Waals surface area contributed by atoms with E-state index in [4.69, 9.17) is 9.26 Å². The summed E-state index contributed by atoms with van der Waals surface area (Å²) in [5.41, 5.74) is 2.71. The second-order valence-corrected chi connectivity index (χ2v) is 6.67. The van der Waals surface area contributed by atoms with E-state index in [-0.39, 0.29) is 5.89 Å². The zero-order valence-electron chi connectivity index (χ0n) is 15.3. The van der Waals surface area contributed by atoms with E-state index < -0.39 is 5.91 Å². The molecule has 0 unspecified atom stereocenters. The van der Waals surface area contributed by atoms with Crippen LogP contribution in [0.3, 0.4) is 0 Å². The second kappa shape index (κ2) is 8.34. The third-order valence-electron chi connectivity index (χ3n) is 3.96. The van der Waals surface area contributed by atoms with Crippen LogP contribution in [0.25, 0.3) is 0 Å². The van der Waals surface area contributed by atoms with Crippen LogP contribution in [0.1, 0.15) is 40.4 Å². The number of benzene rings is 1. The topological polar surface area (TPSA) is 95.1 Å². The van der Waals surface area contributed by atoms with Crippen LogP contribution in [0.15, 0.2) is 33.3 Å². The van der Waals surface area contributed by atoms with Gasteiger partial charge in [-0.3, -0.25) is 9.48 Å². The highest BCUT2D eigenvalue weighted by molar-refractivity contribution is 9.10. The van der Waals surface area contributed by atoms with Crippen molar-refractivity contribution in [2.45, 2.75) is 33.9 Å². The number of amides is 1. The molecule has 2 aromatic heterocycles. The molecule has 1 aromatic carbocycles. The van der Waals surface area contributed by atoms with Crippen molar-refractivity contribution >= 4 is 21.8 Å². The van der Waals surface area contributed by atoms with Crippen LogP contribution in [0.4, 0.5) is 0 Å². The number of para-hydroxylation sites is 1. The number of hydrogen-bond acceptors (Lipinski definition) is 6. The molecule has 0 aliphatic carbocycles. The fourth-order valence-electron chi connectivity index (χ4n) is 2.57. The lowest BCUT2D eigenvalue weighted by atomic mass is 10.2. The lowest BCUT2D eigenvalue weighted by molar-refractivity contribution is 0.0906. The lowest BCUT2D eigenvalue weighted by Crippen LogP contribution is -2.23. The number of halogens is 1. The second-order valence-electron chi connectivity index (χ2n) is 5.88. The zero-order chi connectivity index (χ0) is 19.4. The molecule has 0 bridgehead atoms. The van der Waals surface area contributed by atoms with Crippen molar-refractivity contribution < 1.29 is 14.1 Å². The minimum absolute atomic E-state index is 0.0838. The van der Waals surface area contributed by atoms with E-state index in [1.54, 1.807) is 4.68 Å². The van der Waals surface area contributed by atoms with Gasteiger partial charge < -0.3 is 14.6 Å². The number of nitrogens with zero attached hydrogens (tertiary/aromatic N) is 4. The van der Waals surface area contributed by atoms with Crippen LogP contribution in [0.2, 0.25) is 0 Å². The summed E-state index contributed by atoms with van der Waals surface area (Å²) in [6.07, 6.45) is 0. The molecule has 0 aliphatic heterocycles. The molecular weight excluding hydrogens is 414 g/mol. The van der Waals surface area contributed by atoms with E-state index in [0.717, 1.165) is 27.2 Å². The summed E-state index contributed by atoms with van der Waals surface area (Å²) in [6.45, 7) is 6.94. The molecule has 1 amide bonds. The van der Waals surface area contributed by atoms with Crippen molar-refractivity contribution in [2.75, 3.05) is 6.61 Å². The van der Waals surface area contributed by atoms with E-state index in [1.807, 2.05) is 45.0 Å². The average molecular weight is 434 g/mol. The highest BCUT2D eigenvalue weighted by Gasteiger charge is 2.17. The fraction of sp³-hybridized carbons (Fsp3) is 0.333. The van der Waals surface area contributed by atoms with Gasteiger partial charge in [0.2, 0.25) is 0 Å². The first kappa shape index (κ1) is 19.1. The zero-order valence-corrected chi connectivity index (χ0v) is 16.9. The molecule has 0 atom stereocenters. The molecule has 0 saturated carbocycles. The van der Waals surface area contributed by atoms with Crippen molar-refractivity contribution in [2.24, 2.45) is 0 Å².